The van der Waals surface area contributed by atoms with E-state index in [0.29, 0.717) is 26.1 Å². The summed E-state index contributed by atoms with van der Waals surface area (Å²) < 4.78 is 9.11. The van der Waals surface area contributed by atoms with Crippen LogP contribution in [0.3, 0.4) is 0 Å². The van der Waals surface area contributed by atoms with E-state index in [0.717, 1.165) is 38.2 Å². The molecule has 2 heterocycles. The highest BCUT2D eigenvalue weighted by atomic mass is 16.5. The van der Waals surface area contributed by atoms with Gasteiger partial charge in [0.05, 0.1) is 12.1 Å². The van der Waals surface area contributed by atoms with E-state index in [1.54, 1.807) is 16.2 Å². The number of imidazole rings is 1. The van der Waals surface area contributed by atoms with E-state index < -0.39 is 0 Å². The van der Waals surface area contributed by atoms with Gasteiger partial charge in [-0.2, -0.15) is 0 Å². The monoisotopic (exact) mass is 414 g/mol. The first-order valence-corrected chi connectivity index (χ1v) is 10.9. The van der Waals surface area contributed by atoms with Crippen molar-refractivity contribution in [2.45, 2.75) is 51.7 Å². The highest BCUT2D eigenvalue weighted by Gasteiger charge is 2.42. The number of methoxy groups -OCH3 is 1. The third-order valence-electron chi connectivity index (χ3n) is 6.16. The Morgan fingerprint density at radius 2 is 1.73 bits per heavy atom. The van der Waals surface area contributed by atoms with Gasteiger partial charge in [0.15, 0.2) is 0 Å². The van der Waals surface area contributed by atoms with Crippen LogP contribution in [0.5, 0.6) is 0 Å². The number of para-hydroxylation sites is 1. The number of benzene rings is 1. The third kappa shape index (κ3) is 4.68. The molecule has 0 atom stereocenters. The lowest BCUT2D eigenvalue weighted by Crippen LogP contribution is -2.60. The maximum atomic E-state index is 13.0. The van der Waals surface area contributed by atoms with E-state index in [9.17, 15) is 9.59 Å². The van der Waals surface area contributed by atoms with Gasteiger partial charge in [0.25, 0.3) is 0 Å². The van der Waals surface area contributed by atoms with Gasteiger partial charge in [-0.3, -0.25) is 13.9 Å². The highest BCUT2D eigenvalue weighted by Crippen LogP contribution is 2.34. The molecular weight excluding hydrogens is 380 g/mol. The number of amides is 1. The zero-order valence-corrected chi connectivity index (χ0v) is 18.4. The molecule has 0 unspecified atom stereocenters. The molecule has 1 aromatic heterocycles. The minimum atomic E-state index is -0.345. The molecule has 0 spiro atoms. The molecule has 0 saturated carbocycles. The van der Waals surface area contributed by atoms with Crippen molar-refractivity contribution >= 4 is 11.6 Å². The number of likely N-dealkylation sites (tertiary alicyclic amines) is 1. The minimum Gasteiger partial charge on any atom is -0.382 e. The number of carbonyl (C=O) groups is 1. The lowest BCUT2D eigenvalue weighted by Gasteiger charge is -2.48. The van der Waals surface area contributed by atoms with Crippen LogP contribution in [0.15, 0.2) is 47.5 Å². The van der Waals surface area contributed by atoms with Crippen molar-refractivity contribution in [1.82, 2.24) is 14.0 Å². The minimum absolute atomic E-state index is 0.0482. The molecule has 0 radical (unpaired) electrons. The Kier molecular flexibility index (Phi) is 7.50. The average molecular weight is 415 g/mol. The summed E-state index contributed by atoms with van der Waals surface area (Å²) in [7, 11) is 1.71. The Labute approximate surface area is 178 Å². The molecule has 0 aliphatic carbocycles. The van der Waals surface area contributed by atoms with Gasteiger partial charge in [0, 0.05) is 64.3 Å². The summed E-state index contributed by atoms with van der Waals surface area (Å²) in [6.45, 7) is 8.33. The lowest BCUT2D eigenvalue weighted by molar-refractivity contribution is -0.120. The number of ether oxygens (including phenoxy) is 1. The first-order valence-electron chi connectivity index (χ1n) is 10.9. The van der Waals surface area contributed by atoms with E-state index >= 15 is 0 Å². The van der Waals surface area contributed by atoms with Gasteiger partial charge >= 0.3 is 5.69 Å². The Hall–Kier alpha value is -2.38. The predicted octanol–water partition coefficient (Wildman–Crippen LogP) is 2.59. The molecule has 1 saturated heterocycles. The number of hydrogen-bond donors (Lipinski definition) is 0. The standard InChI is InChI=1S/C23H34N4O3/c1-4-21(28)27(20-9-7-6-8-10-20)23(19-30-3)11-13-24(14-12-23)15-16-26-18-17-25(5-2)22(26)29/h6-10,17-18H,4-5,11-16,19H2,1-3H3. The lowest BCUT2D eigenvalue weighted by atomic mass is 9.85. The maximum absolute atomic E-state index is 13.0. The molecule has 30 heavy (non-hydrogen) atoms. The van der Waals surface area contributed by atoms with E-state index in [4.69, 9.17) is 4.74 Å². The summed E-state index contributed by atoms with van der Waals surface area (Å²) in [6.07, 6.45) is 5.85. The Morgan fingerprint density at radius 1 is 1.07 bits per heavy atom. The summed E-state index contributed by atoms with van der Waals surface area (Å²) in [6, 6.07) is 9.92. The Morgan fingerprint density at radius 3 is 2.30 bits per heavy atom. The fraction of sp³-hybridized carbons (Fsp3) is 0.565. The van der Waals surface area contributed by atoms with Gasteiger partial charge in [0.2, 0.25) is 5.91 Å². The average Bonchev–Trinajstić information content (AvgIpc) is 3.13. The first kappa shape index (κ1) is 22.3. The van der Waals surface area contributed by atoms with Crippen LogP contribution in [0.2, 0.25) is 0 Å². The molecular formula is C23H34N4O3. The largest absolute Gasteiger partial charge is 0.382 e. The van der Waals surface area contributed by atoms with E-state index in [-0.39, 0.29) is 17.1 Å². The van der Waals surface area contributed by atoms with Crippen LogP contribution in [0, 0.1) is 0 Å². The van der Waals surface area contributed by atoms with Crippen LogP contribution in [-0.4, -0.2) is 58.8 Å². The van der Waals surface area contributed by atoms with Crippen LogP contribution in [0.25, 0.3) is 0 Å². The van der Waals surface area contributed by atoms with Gasteiger partial charge in [-0.05, 0) is 31.9 Å². The van der Waals surface area contributed by atoms with E-state index in [2.05, 4.69) is 4.90 Å². The predicted molar refractivity (Wildman–Crippen MR) is 119 cm³/mol. The number of nitrogens with zero attached hydrogens (tertiary/aromatic N) is 4. The number of anilines is 1. The second kappa shape index (κ2) is 10.1. The molecule has 3 rings (SSSR count). The smallest absolute Gasteiger partial charge is 0.328 e. The maximum Gasteiger partial charge on any atom is 0.328 e. The van der Waals surface area contributed by atoms with Crippen molar-refractivity contribution < 1.29 is 9.53 Å². The number of aromatic nitrogens is 2. The molecule has 7 heteroatoms. The fourth-order valence-corrected chi connectivity index (χ4v) is 4.43. The number of rotatable bonds is 9. The number of carbonyl (C=O) groups excluding carboxylic acids is 1. The van der Waals surface area contributed by atoms with Gasteiger partial charge in [-0.25, -0.2) is 4.79 Å². The third-order valence-corrected chi connectivity index (χ3v) is 6.16. The molecule has 1 fully saturated rings. The Bertz CT molecular complexity index is 866. The van der Waals surface area contributed by atoms with E-state index in [1.165, 1.54) is 0 Å². The SMILES string of the molecule is CCC(=O)N(c1ccccc1)C1(COC)CCN(CCn2ccn(CC)c2=O)CC1. The molecule has 164 valence electrons. The number of piperidine rings is 1. The zero-order valence-electron chi connectivity index (χ0n) is 18.4. The molecule has 1 aromatic carbocycles. The fourth-order valence-electron chi connectivity index (χ4n) is 4.43. The molecule has 1 amide bonds. The van der Waals surface area contributed by atoms with Gasteiger partial charge in [-0.15, -0.1) is 0 Å². The summed E-state index contributed by atoms with van der Waals surface area (Å²) in [5, 5.41) is 0. The second-order valence-corrected chi connectivity index (χ2v) is 7.98. The zero-order chi connectivity index (χ0) is 21.6. The van der Waals surface area contributed by atoms with Crippen molar-refractivity contribution in [3.05, 3.63) is 53.2 Å². The molecule has 7 nitrogen and oxygen atoms in total. The number of aryl methyl sites for hydroxylation is 1. The number of hydrogen-bond acceptors (Lipinski definition) is 4. The molecule has 1 aliphatic heterocycles. The molecule has 0 bridgehead atoms. The van der Waals surface area contributed by atoms with Crippen molar-refractivity contribution in [1.29, 1.82) is 0 Å². The van der Waals surface area contributed by atoms with Gasteiger partial charge < -0.3 is 14.5 Å². The van der Waals surface area contributed by atoms with Crippen LogP contribution in [-0.2, 0) is 22.6 Å². The van der Waals surface area contributed by atoms with Crippen LogP contribution in [0.4, 0.5) is 5.69 Å². The summed E-state index contributed by atoms with van der Waals surface area (Å²) in [4.78, 5) is 29.6. The highest BCUT2D eigenvalue weighted by molar-refractivity contribution is 5.94. The van der Waals surface area contributed by atoms with Crippen LogP contribution in [0.1, 0.15) is 33.1 Å². The van der Waals surface area contributed by atoms with Crippen molar-refractivity contribution in [2.24, 2.45) is 0 Å². The van der Waals surface area contributed by atoms with Crippen LogP contribution >= 0.6 is 0 Å². The Balaban J connectivity index is 1.71. The topological polar surface area (TPSA) is 59.7 Å². The second-order valence-electron chi connectivity index (χ2n) is 7.98. The van der Waals surface area contributed by atoms with Crippen molar-refractivity contribution in [3.8, 4) is 0 Å². The summed E-state index contributed by atoms with van der Waals surface area (Å²) >= 11 is 0. The molecule has 0 N–H and O–H groups in total. The van der Waals surface area contributed by atoms with Crippen molar-refractivity contribution in [3.63, 3.8) is 0 Å². The van der Waals surface area contributed by atoms with Gasteiger partial charge in [-0.1, -0.05) is 25.1 Å². The molecule has 2 aromatic rings. The molecule has 1 aliphatic rings. The van der Waals surface area contributed by atoms with Crippen molar-refractivity contribution in [2.75, 3.05) is 38.3 Å². The normalized spacial score (nSPS) is 16.5. The van der Waals surface area contributed by atoms with E-state index in [1.807, 2.05) is 61.5 Å². The van der Waals surface area contributed by atoms with Crippen LogP contribution < -0.4 is 10.6 Å². The quantitative estimate of drug-likeness (QED) is 0.633. The first-order chi connectivity index (χ1) is 14.5. The van der Waals surface area contributed by atoms with Gasteiger partial charge in [0.1, 0.15) is 0 Å². The summed E-state index contributed by atoms with van der Waals surface area (Å²) in [5.74, 6) is 0.124. The summed E-state index contributed by atoms with van der Waals surface area (Å²) in [5.41, 5.74) is 0.636.